The topological polar surface area (TPSA) is 91.7 Å². The summed E-state index contributed by atoms with van der Waals surface area (Å²) in [7, 11) is 0. The Morgan fingerprint density at radius 3 is 2.67 bits per heavy atom. The van der Waals surface area contributed by atoms with E-state index in [1.807, 2.05) is 0 Å². The fraction of sp³-hybridized carbons (Fsp3) is 0.524. The van der Waals surface area contributed by atoms with E-state index in [9.17, 15) is 18.4 Å². The summed E-state index contributed by atoms with van der Waals surface area (Å²) in [6, 6.07) is 1.67. The van der Waals surface area contributed by atoms with Crippen LogP contribution in [0.1, 0.15) is 70.5 Å². The highest BCUT2D eigenvalue weighted by molar-refractivity contribution is 7.12. The van der Waals surface area contributed by atoms with Crippen molar-refractivity contribution in [3.63, 3.8) is 0 Å². The molecule has 30 heavy (non-hydrogen) atoms. The SMILES string of the molecule is CC1c2[nH]c(=O)[nH]c(=O)c2C(C2CC2)=C(F)C1c1cc2c(s1)CCC(F)(F)C2CN. The predicted octanol–water partition coefficient (Wildman–Crippen LogP) is 3.74. The van der Waals surface area contributed by atoms with Gasteiger partial charge in [0.25, 0.3) is 11.5 Å². The number of aromatic amines is 2. The predicted molar refractivity (Wildman–Crippen MR) is 109 cm³/mol. The van der Waals surface area contributed by atoms with Crippen molar-refractivity contribution in [1.29, 1.82) is 0 Å². The third-order valence-corrected chi connectivity index (χ3v) is 7.98. The van der Waals surface area contributed by atoms with Gasteiger partial charge in [-0.25, -0.2) is 18.0 Å². The van der Waals surface area contributed by atoms with Gasteiger partial charge in [0.05, 0.1) is 17.4 Å². The van der Waals surface area contributed by atoms with Gasteiger partial charge < -0.3 is 10.7 Å². The Morgan fingerprint density at radius 2 is 2.00 bits per heavy atom. The van der Waals surface area contributed by atoms with Crippen molar-refractivity contribution < 1.29 is 13.2 Å². The van der Waals surface area contributed by atoms with Crippen molar-refractivity contribution in [2.45, 2.75) is 56.3 Å². The first-order chi connectivity index (χ1) is 14.2. The highest BCUT2D eigenvalue weighted by atomic mass is 32.1. The van der Waals surface area contributed by atoms with Gasteiger partial charge in [-0.05, 0) is 36.8 Å². The summed E-state index contributed by atoms with van der Waals surface area (Å²) in [5, 5.41) is 0. The fourth-order valence-electron chi connectivity index (χ4n) is 5.02. The normalized spacial score (nSPS) is 27.7. The van der Waals surface area contributed by atoms with Crippen LogP contribution in [0.2, 0.25) is 0 Å². The molecule has 2 aromatic heterocycles. The summed E-state index contributed by atoms with van der Waals surface area (Å²) in [6.45, 7) is 1.59. The number of nitrogens with one attached hydrogen (secondary N) is 2. The molecule has 3 aliphatic carbocycles. The van der Waals surface area contributed by atoms with E-state index in [1.54, 1.807) is 13.0 Å². The molecule has 3 aliphatic rings. The minimum Gasteiger partial charge on any atom is -0.330 e. The van der Waals surface area contributed by atoms with Gasteiger partial charge in [-0.1, -0.05) is 6.92 Å². The fourth-order valence-corrected chi connectivity index (χ4v) is 6.45. The van der Waals surface area contributed by atoms with Crippen LogP contribution in [0.15, 0.2) is 21.5 Å². The van der Waals surface area contributed by atoms with Crippen LogP contribution in [0.5, 0.6) is 0 Å². The maximum Gasteiger partial charge on any atom is 0.325 e. The Hall–Kier alpha value is -2.13. The van der Waals surface area contributed by atoms with Crippen molar-refractivity contribution in [2.75, 3.05) is 6.54 Å². The van der Waals surface area contributed by atoms with Gasteiger partial charge >= 0.3 is 5.69 Å². The van der Waals surface area contributed by atoms with Crippen LogP contribution in [0.3, 0.4) is 0 Å². The Balaban J connectivity index is 1.68. The monoisotopic (exact) mass is 437 g/mol. The lowest BCUT2D eigenvalue weighted by molar-refractivity contribution is -0.0381. The molecule has 0 aliphatic heterocycles. The number of thiophene rings is 1. The summed E-state index contributed by atoms with van der Waals surface area (Å²) in [4.78, 5) is 30.8. The second-order valence-corrected chi connectivity index (χ2v) is 9.74. The van der Waals surface area contributed by atoms with Crippen LogP contribution >= 0.6 is 11.3 Å². The van der Waals surface area contributed by atoms with Crippen molar-refractivity contribution in [3.8, 4) is 0 Å². The second kappa shape index (κ2) is 6.68. The van der Waals surface area contributed by atoms with Crippen LogP contribution in [-0.2, 0) is 6.42 Å². The minimum atomic E-state index is -2.88. The molecule has 1 fully saturated rings. The number of H-pyrrole nitrogens is 2. The summed E-state index contributed by atoms with van der Waals surface area (Å²) in [5.41, 5.74) is 5.97. The number of rotatable bonds is 3. The van der Waals surface area contributed by atoms with Gasteiger partial charge in [-0.2, -0.15) is 0 Å². The van der Waals surface area contributed by atoms with Crippen LogP contribution in [-0.4, -0.2) is 22.4 Å². The number of hydrogen-bond donors (Lipinski definition) is 3. The van der Waals surface area contributed by atoms with Crippen molar-refractivity contribution in [2.24, 2.45) is 11.7 Å². The molecule has 0 amide bonds. The van der Waals surface area contributed by atoms with Crippen molar-refractivity contribution in [3.05, 3.63) is 59.3 Å². The zero-order valence-corrected chi connectivity index (χ0v) is 17.2. The molecule has 5 nitrogen and oxygen atoms in total. The number of aromatic nitrogens is 2. The Labute approximate surface area is 174 Å². The summed E-state index contributed by atoms with van der Waals surface area (Å²) in [6.07, 6.45) is 1.53. The lowest BCUT2D eigenvalue weighted by atomic mass is 9.76. The highest BCUT2D eigenvalue weighted by Crippen LogP contribution is 2.56. The average molecular weight is 437 g/mol. The van der Waals surface area contributed by atoms with Gasteiger partial charge in [0.1, 0.15) is 5.83 Å². The Morgan fingerprint density at radius 1 is 1.27 bits per heavy atom. The standard InChI is InChI=1S/C21H22F3N3O2S/c1-8-14(13-6-10-11(7-25)21(23,24)5-4-12(10)30-13)17(22)15(9-2-3-9)16-18(8)26-20(29)27-19(16)28/h6,8-9,11,14H,2-5,7,25H2,1H3,(H2,26,27,28,29). The lowest BCUT2D eigenvalue weighted by Gasteiger charge is -2.31. The molecule has 0 spiro atoms. The first-order valence-corrected chi connectivity index (χ1v) is 11.0. The first kappa shape index (κ1) is 19.8. The van der Waals surface area contributed by atoms with Gasteiger partial charge in [0.15, 0.2) is 0 Å². The molecule has 160 valence electrons. The second-order valence-electron chi connectivity index (χ2n) is 8.58. The highest BCUT2D eigenvalue weighted by Gasteiger charge is 2.47. The van der Waals surface area contributed by atoms with Gasteiger partial charge in [0, 0.05) is 39.9 Å². The molecule has 2 heterocycles. The quantitative estimate of drug-likeness (QED) is 0.683. The largest absolute Gasteiger partial charge is 0.330 e. The molecule has 1 saturated carbocycles. The first-order valence-electron chi connectivity index (χ1n) is 10.2. The van der Waals surface area contributed by atoms with E-state index >= 15 is 4.39 Å². The van der Waals surface area contributed by atoms with Crippen LogP contribution < -0.4 is 17.0 Å². The van der Waals surface area contributed by atoms with E-state index in [1.165, 1.54) is 11.3 Å². The Kier molecular flexibility index (Phi) is 4.41. The molecular weight excluding hydrogens is 415 g/mol. The molecule has 0 radical (unpaired) electrons. The molecule has 3 atom stereocenters. The number of hydrogen-bond acceptors (Lipinski definition) is 4. The van der Waals surface area contributed by atoms with Crippen molar-refractivity contribution in [1.82, 2.24) is 9.97 Å². The maximum atomic E-state index is 15.9. The van der Waals surface area contributed by atoms with Gasteiger partial charge in [-0.15, -0.1) is 11.3 Å². The van der Waals surface area contributed by atoms with Gasteiger partial charge in [0.2, 0.25) is 0 Å². The third-order valence-electron chi connectivity index (χ3n) is 6.69. The van der Waals surface area contributed by atoms with Crippen LogP contribution in [0.4, 0.5) is 13.2 Å². The van der Waals surface area contributed by atoms with E-state index in [0.717, 1.165) is 17.7 Å². The summed E-state index contributed by atoms with van der Waals surface area (Å²) >= 11 is 1.35. The Bertz CT molecular complexity index is 1170. The smallest absolute Gasteiger partial charge is 0.325 e. The molecule has 0 saturated heterocycles. The minimum absolute atomic E-state index is 0.0542. The van der Waals surface area contributed by atoms with E-state index in [-0.39, 0.29) is 36.7 Å². The number of fused-ring (bicyclic) bond motifs is 2. The third kappa shape index (κ3) is 2.85. The number of nitrogens with two attached hydrogens (primary N) is 1. The molecule has 5 rings (SSSR count). The molecular formula is C21H22F3N3O2S. The maximum absolute atomic E-state index is 15.9. The van der Waals surface area contributed by atoms with E-state index < -0.39 is 34.9 Å². The van der Waals surface area contributed by atoms with E-state index in [2.05, 4.69) is 9.97 Å². The molecule has 2 aromatic rings. The van der Waals surface area contributed by atoms with E-state index in [0.29, 0.717) is 21.7 Å². The zero-order chi connectivity index (χ0) is 21.4. The molecule has 0 bridgehead atoms. The van der Waals surface area contributed by atoms with Gasteiger partial charge in [-0.3, -0.25) is 9.78 Å². The number of aryl methyl sites for hydroxylation is 1. The summed E-state index contributed by atoms with van der Waals surface area (Å²) in [5.74, 6) is -5.61. The molecule has 9 heteroatoms. The zero-order valence-electron chi connectivity index (χ0n) is 16.4. The van der Waals surface area contributed by atoms with Crippen LogP contribution in [0, 0.1) is 5.92 Å². The number of alkyl halides is 2. The van der Waals surface area contributed by atoms with E-state index in [4.69, 9.17) is 5.73 Å². The average Bonchev–Trinajstić information content (AvgIpc) is 3.41. The number of halogens is 3. The molecule has 4 N–H and O–H groups in total. The molecule has 3 unspecified atom stereocenters. The summed E-state index contributed by atoms with van der Waals surface area (Å²) < 4.78 is 44.6. The van der Waals surface area contributed by atoms with Crippen LogP contribution in [0.25, 0.3) is 5.57 Å². The lowest BCUT2D eigenvalue weighted by Crippen LogP contribution is -2.35. The molecule has 0 aromatic carbocycles. The van der Waals surface area contributed by atoms with Crippen molar-refractivity contribution >= 4 is 16.9 Å². The number of allylic oxidation sites excluding steroid dienone is 2.